The van der Waals surface area contributed by atoms with Gasteiger partial charge >= 0.3 is 0 Å². The van der Waals surface area contributed by atoms with Gasteiger partial charge in [0.15, 0.2) is 5.65 Å². The summed E-state index contributed by atoms with van der Waals surface area (Å²) in [6.07, 6.45) is 3.73. The highest BCUT2D eigenvalue weighted by molar-refractivity contribution is 7.92. The Morgan fingerprint density at radius 3 is 2.45 bits per heavy atom. The molecule has 0 aliphatic carbocycles. The van der Waals surface area contributed by atoms with E-state index in [0.29, 0.717) is 30.2 Å². The zero-order valence-electron chi connectivity index (χ0n) is 22.0. The number of rotatable bonds is 9. The maximum absolute atomic E-state index is 12.0. The highest BCUT2D eigenvalue weighted by Gasteiger charge is 2.16. The van der Waals surface area contributed by atoms with Crippen molar-refractivity contribution < 1.29 is 8.42 Å². The van der Waals surface area contributed by atoms with Gasteiger partial charge in [-0.3, -0.25) is 4.31 Å². The molecule has 4 aromatic rings. The molecule has 1 fully saturated rings. The molecule has 0 unspecified atom stereocenters. The standard InChI is InChI=1S/C27H34N8O2S/c1-32-17-19-34(20-18-32)23-12-10-22(11-13-23)29-27-30-26-24(8-6-16-35(26)31-27)28-15-14-21-7-4-5-9-25(21)33(2)38(3,36)37/h4-13,16,28H,14-15,17-20H2,1-3H3,(H,29,31). The summed E-state index contributed by atoms with van der Waals surface area (Å²) in [4.78, 5) is 9.46. The van der Waals surface area contributed by atoms with Crippen LogP contribution in [-0.4, -0.2) is 81.0 Å². The molecule has 0 spiro atoms. The molecule has 200 valence electrons. The molecule has 2 aromatic heterocycles. The minimum absolute atomic E-state index is 0.520. The van der Waals surface area contributed by atoms with E-state index >= 15 is 0 Å². The molecule has 1 aliphatic rings. The quantitative estimate of drug-likeness (QED) is 0.338. The van der Waals surface area contributed by atoms with Gasteiger partial charge in [0.05, 0.1) is 17.6 Å². The molecule has 3 heterocycles. The van der Waals surface area contributed by atoms with Gasteiger partial charge in [-0.1, -0.05) is 18.2 Å². The summed E-state index contributed by atoms with van der Waals surface area (Å²) in [6, 6.07) is 19.8. The van der Waals surface area contributed by atoms with Crippen LogP contribution in [0.25, 0.3) is 5.65 Å². The van der Waals surface area contributed by atoms with E-state index in [9.17, 15) is 8.42 Å². The van der Waals surface area contributed by atoms with Crippen LogP contribution in [-0.2, 0) is 16.4 Å². The van der Waals surface area contributed by atoms with Gasteiger partial charge in [0.25, 0.3) is 0 Å². The summed E-state index contributed by atoms with van der Waals surface area (Å²) in [6.45, 7) is 4.83. The first-order chi connectivity index (χ1) is 18.3. The largest absolute Gasteiger partial charge is 0.382 e. The summed E-state index contributed by atoms with van der Waals surface area (Å²) in [5.41, 5.74) is 5.35. The van der Waals surface area contributed by atoms with E-state index in [0.717, 1.165) is 43.1 Å². The molecule has 1 aliphatic heterocycles. The van der Waals surface area contributed by atoms with Gasteiger partial charge < -0.3 is 20.4 Å². The average molecular weight is 535 g/mol. The number of nitrogens with zero attached hydrogens (tertiary/aromatic N) is 6. The van der Waals surface area contributed by atoms with Crippen LogP contribution in [0, 0.1) is 0 Å². The van der Waals surface area contributed by atoms with Crippen LogP contribution in [0.1, 0.15) is 5.56 Å². The molecule has 5 rings (SSSR count). The number of anilines is 5. The van der Waals surface area contributed by atoms with Crippen molar-refractivity contribution in [3.8, 4) is 0 Å². The van der Waals surface area contributed by atoms with Crippen LogP contribution in [0.4, 0.5) is 28.7 Å². The Bertz CT molecular complexity index is 1500. The first-order valence-electron chi connectivity index (χ1n) is 12.7. The number of piperazine rings is 1. The molecule has 11 heteroatoms. The van der Waals surface area contributed by atoms with Gasteiger partial charge in [0.1, 0.15) is 0 Å². The molecule has 38 heavy (non-hydrogen) atoms. The molecule has 2 aromatic carbocycles. The third-order valence-corrected chi connectivity index (χ3v) is 8.08. The van der Waals surface area contributed by atoms with Crippen LogP contribution >= 0.6 is 0 Å². The summed E-state index contributed by atoms with van der Waals surface area (Å²) in [5, 5.41) is 11.3. The Morgan fingerprint density at radius 2 is 1.71 bits per heavy atom. The first kappa shape index (κ1) is 25.8. The third kappa shape index (κ3) is 5.84. The smallest absolute Gasteiger partial charge is 0.247 e. The maximum Gasteiger partial charge on any atom is 0.247 e. The Labute approximate surface area is 223 Å². The van der Waals surface area contributed by atoms with E-state index in [1.54, 1.807) is 11.6 Å². The van der Waals surface area contributed by atoms with Gasteiger partial charge in [-0.05, 0) is 61.5 Å². The molecular weight excluding hydrogens is 500 g/mol. The van der Waals surface area contributed by atoms with Gasteiger partial charge in [-0.25, -0.2) is 12.9 Å². The van der Waals surface area contributed by atoms with Crippen LogP contribution in [0.3, 0.4) is 0 Å². The number of hydrogen-bond acceptors (Lipinski definition) is 8. The average Bonchev–Trinajstić information content (AvgIpc) is 3.32. The second kappa shape index (κ2) is 10.9. The fourth-order valence-corrected chi connectivity index (χ4v) is 5.12. The monoisotopic (exact) mass is 534 g/mol. The number of hydrogen-bond donors (Lipinski definition) is 2. The summed E-state index contributed by atoms with van der Waals surface area (Å²) in [7, 11) is 0.399. The van der Waals surface area contributed by atoms with Crippen molar-refractivity contribution in [2.75, 3.05) is 72.9 Å². The van der Waals surface area contributed by atoms with Crippen molar-refractivity contribution >= 4 is 44.4 Å². The highest BCUT2D eigenvalue weighted by atomic mass is 32.2. The van der Waals surface area contributed by atoms with Crippen molar-refractivity contribution in [2.24, 2.45) is 0 Å². The highest BCUT2D eigenvalue weighted by Crippen LogP contribution is 2.24. The second-order valence-corrected chi connectivity index (χ2v) is 11.6. The lowest BCUT2D eigenvalue weighted by molar-refractivity contribution is 0.313. The second-order valence-electron chi connectivity index (χ2n) is 9.62. The number of nitrogens with one attached hydrogen (secondary N) is 2. The molecule has 0 bridgehead atoms. The van der Waals surface area contributed by atoms with Crippen LogP contribution in [0.5, 0.6) is 0 Å². The van der Waals surface area contributed by atoms with Crippen LogP contribution in [0.15, 0.2) is 66.9 Å². The van der Waals surface area contributed by atoms with E-state index in [4.69, 9.17) is 4.98 Å². The van der Waals surface area contributed by atoms with Crippen molar-refractivity contribution in [3.05, 3.63) is 72.4 Å². The number of fused-ring (bicyclic) bond motifs is 1. The lowest BCUT2D eigenvalue weighted by Gasteiger charge is -2.34. The summed E-state index contributed by atoms with van der Waals surface area (Å²) in [5.74, 6) is 0.520. The lowest BCUT2D eigenvalue weighted by Crippen LogP contribution is -2.44. The fraction of sp³-hybridized carbons (Fsp3) is 0.333. The molecule has 1 saturated heterocycles. The number of pyridine rings is 1. The molecule has 0 radical (unpaired) electrons. The normalized spacial score (nSPS) is 14.6. The Morgan fingerprint density at radius 1 is 0.974 bits per heavy atom. The topological polar surface area (TPSA) is 98.1 Å². The van der Waals surface area contributed by atoms with E-state index in [1.165, 1.54) is 16.2 Å². The minimum Gasteiger partial charge on any atom is -0.382 e. The van der Waals surface area contributed by atoms with Gasteiger partial charge in [0, 0.05) is 57.3 Å². The first-order valence-corrected chi connectivity index (χ1v) is 14.5. The SMILES string of the molecule is CN1CCN(c2ccc(Nc3nc4c(NCCc5ccccc5N(C)S(C)(=O)=O)cccn4n3)cc2)CC1. The lowest BCUT2D eigenvalue weighted by atomic mass is 10.1. The predicted octanol–water partition coefficient (Wildman–Crippen LogP) is 3.28. The minimum atomic E-state index is -3.34. The van der Waals surface area contributed by atoms with E-state index in [2.05, 4.69) is 56.8 Å². The molecule has 2 N–H and O–H groups in total. The molecular formula is C27H34N8O2S. The molecule has 0 atom stereocenters. The van der Waals surface area contributed by atoms with Crippen molar-refractivity contribution in [2.45, 2.75) is 6.42 Å². The number of para-hydroxylation sites is 1. The molecule has 0 saturated carbocycles. The zero-order chi connectivity index (χ0) is 26.7. The van der Waals surface area contributed by atoms with Gasteiger partial charge in [0.2, 0.25) is 16.0 Å². The van der Waals surface area contributed by atoms with E-state index < -0.39 is 10.0 Å². The Kier molecular flexibility index (Phi) is 7.39. The number of aromatic nitrogens is 3. The predicted molar refractivity (Wildman–Crippen MR) is 154 cm³/mol. The Hall–Kier alpha value is -3.83. The molecule has 0 amide bonds. The summed E-state index contributed by atoms with van der Waals surface area (Å²) < 4.78 is 27.1. The van der Waals surface area contributed by atoms with E-state index in [-0.39, 0.29) is 0 Å². The zero-order valence-corrected chi connectivity index (χ0v) is 22.8. The molecule has 10 nitrogen and oxygen atoms in total. The Balaban J connectivity index is 1.25. The van der Waals surface area contributed by atoms with Crippen molar-refractivity contribution in [1.29, 1.82) is 0 Å². The van der Waals surface area contributed by atoms with Crippen molar-refractivity contribution in [3.63, 3.8) is 0 Å². The third-order valence-electron chi connectivity index (χ3n) is 6.89. The maximum atomic E-state index is 12.0. The number of sulfonamides is 1. The van der Waals surface area contributed by atoms with E-state index in [1.807, 2.05) is 42.6 Å². The summed E-state index contributed by atoms with van der Waals surface area (Å²) >= 11 is 0. The van der Waals surface area contributed by atoms with Crippen LogP contribution in [0.2, 0.25) is 0 Å². The van der Waals surface area contributed by atoms with Gasteiger partial charge in [-0.2, -0.15) is 4.98 Å². The fourth-order valence-electron chi connectivity index (χ4n) is 4.59. The number of benzene rings is 2. The van der Waals surface area contributed by atoms with Crippen LogP contribution < -0.4 is 19.8 Å². The van der Waals surface area contributed by atoms with Gasteiger partial charge in [-0.15, -0.1) is 5.10 Å². The van der Waals surface area contributed by atoms with Crippen molar-refractivity contribution in [1.82, 2.24) is 19.5 Å². The number of likely N-dealkylation sites (N-methyl/N-ethyl adjacent to an activating group) is 1.